The van der Waals surface area contributed by atoms with E-state index >= 15 is 0 Å². The number of aromatic nitrogens is 3. The summed E-state index contributed by atoms with van der Waals surface area (Å²) in [5.74, 6) is -1.86. The van der Waals surface area contributed by atoms with Crippen LogP contribution >= 0.6 is 11.6 Å². The van der Waals surface area contributed by atoms with E-state index in [1.54, 1.807) is 24.3 Å². The summed E-state index contributed by atoms with van der Waals surface area (Å²) < 4.78 is 25.2. The lowest BCUT2D eigenvalue weighted by Gasteiger charge is -2.34. The van der Waals surface area contributed by atoms with Crippen LogP contribution in [0.4, 0.5) is 5.95 Å². The Kier molecular flexibility index (Phi) is 6.19. The molecule has 0 radical (unpaired) electrons. The number of rotatable bonds is 7. The molecule has 0 aliphatic carbocycles. The molecule has 33 heavy (non-hydrogen) atoms. The molecule has 1 fully saturated rings. The van der Waals surface area contributed by atoms with Gasteiger partial charge >= 0.3 is 0 Å². The third-order valence-electron chi connectivity index (χ3n) is 5.23. The number of carbonyl (C=O) groups excluding carboxylic acids is 2. The SMILES string of the molecule is CS(=O)(=O)N1CC(c2nc(NCc3ccc(CN)cc3)n(C(=O)c3ccccc3Cl)n2)C1=O. The van der Waals surface area contributed by atoms with Crippen molar-refractivity contribution in [3.63, 3.8) is 0 Å². The number of hydrogen-bond donors (Lipinski definition) is 2. The van der Waals surface area contributed by atoms with Crippen LogP contribution in [0.15, 0.2) is 48.5 Å². The molecule has 1 aliphatic heterocycles. The molecule has 4 rings (SSSR count). The maximum Gasteiger partial charge on any atom is 0.282 e. The van der Waals surface area contributed by atoms with E-state index in [1.807, 2.05) is 24.3 Å². The van der Waals surface area contributed by atoms with Crippen molar-refractivity contribution < 1.29 is 18.0 Å². The highest BCUT2D eigenvalue weighted by molar-refractivity contribution is 7.89. The summed E-state index contributed by atoms with van der Waals surface area (Å²) in [4.78, 5) is 29.9. The average molecular weight is 489 g/mol. The van der Waals surface area contributed by atoms with Gasteiger partial charge in [0.05, 0.1) is 23.4 Å². The summed E-state index contributed by atoms with van der Waals surface area (Å²) in [7, 11) is -3.66. The van der Waals surface area contributed by atoms with E-state index in [4.69, 9.17) is 17.3 Å². The van der Waals surface area contributed by atoms with Crippen LogP contribution in [0.25, 0.3) is 0 Å². The molecular formula is C21H21ClN6O4S. The van der Waals surface area contributed by atoms with E-state index in [0.717, 1.165) is 26.4 Å². The number of halogens is 1. The quantitative estimate of drug-likeness (QED) is 0.477. The summed E-state index contributed by atoms with van der Waals surface area (Å²) in [6, 6.07) is 14.1. The lowest BCUT2D eigenvalue weighted by molar-refractivity contribution is -0.135. The molecule has 0 bridgehead atoms. The number of anilines is 1. The molecule has 1 aromatic heterocycles. The van der Waals surface area contributed by atoms with Gasteiger partial charge in [0, 0.05) is 13.1 Å². The standard InChI is InChI=1S/C21H21ClN6O4S/c1-33(31,32)27-12-16(19(27)29)18-25-21(24-11-14-8-6-13(10-23)7-9-14)28(26-18)20(30)15-4-2-3-5-17(15)22/h2-9,16H,10-12,23H2,1H3,(H,24,25,26). The van der Waals surface area contributed by atoms with Crippen molar-refractivity contribution in [3.05, 3.63) is 76.1 Å². The van der Waals surface area contributed by atoms with Crippen LogP contribution in [-0.4, -0.2) is 52.1 Å². The Morgan fingerprint density at radius 3 is 2.45 bits per heavy atom. The molecule has 2 heterocycles. The van der Waals surface area contributed by atoms with E-state index in [-0.39, 0.29) is 28.9 Å². The summed E-state index contributed by atoms with van der Waals surface area (Å²) >= 11 is 6.18. The first kappa shape index (κ1) is 22.9. The van der Waals surface area contributed by atoms with Crippen molar-refractivity contribution in [1.29, 1.82) is 0 Å². The van der Waals surface area contributed by atoms with Crippen LogP contribution in [0.2, 0.25) is 5.02 Å². The summed E-state index contributed by atoms with van der Waals surface area (Å²) in [6.07, 6.45) is 0.955. The van der Waals surface area contributed by atoms with Gasteiger partial charge in [0.2, 0.25) is 21.9 Å². The first-order valence-corrected chi connectivity index (χ1v) is 12.2. The average Bonchev–Trinajstić information content (AvgIpc) is 3.19. The Morgan fingerprint density at radius 1 is 1.18 bits per heavy atom. The lowest BCUT2D eigenvalue weighted by atomic mass is 10.0. The van der Waals surface area contributed by atoms with Crippen LogP contribution in [0.5, 0.6) is 0 Å². The van der Waals surface area contributed by atoms with Gasteiger partial charge in [-0.1, -0.05) is 48.0 Å². The van der Waals surface area contributed by atoms with Crippen molar-refractivity contribution in [2.45, 2.75) is 19.0 Å². The number of carbonyl (C=O) groups is 2. The van der Waals surface area contributed by atoms with Crippen molar-refractivity contribution in [1.82, 2.24) is 19.1 Å². The molecule has 10 nitrogen and oxygen atoms in total. The lowest BCUT2D eigenvalue weighted by Crippen LogP contribution is -2.53. The zero-order valence-corrected chi connectivity index (χ0v) is 19.2. The van der Waals surface area contributed by atoms with Crippen molar-refractivity contribution in [2.24, 2.45) is 5.73 Å². The zero-order chi connectivity index (χ0) is 23.8. The number of nitrogens with two attached hydrogens (primary N) is 1. The molecule has 1 unspecified atom stereocenters. The number of hydrogen-bond acceptors (Lipinski definition) is 8. The molecule has 1 aliphatic rings. The zero-order valence-electron chi connectivity index (χ0n) is 17.6. The first-order valence-electron chi connectivity index (χ1n) is 9.98. The highest BCUT2D eigenvalue weighted by Crippen LogP contribution is 2.30. The third-order valence-corrected chi connectivity index (χ3v) is 6.69. The first-order chi connectivity index (χ1) is 15.7. The number of β-lactam (4-membered cyclic amide) rings is 1. The fourth-order valence-corrected chi connectivity index (χ4v) is 4.43. The van der Waals surface area contributed by atoms with Gasteiger partial charge in [0.15, 0.2) is 5.82 Å². The summed E-state index contributed by atoms with van der Waals surface area (Å²) in [5, 5.41) is 7.54. The van der Waals surface area contributed by atoms with Gasteiger partial charge in [-0.15, -0.1) is 5.10 Å². The smallest absolute Gasteiger partial charge is 0.282 e. The highest BCUT2D eigenvalue weighted by Gasteiger charge is 2.46. The second-order valence-electron chi connectivity index (χ2n) is 7.55. The molecule has 12 heteroatoms. The molecule has 172 valence electrons. The summed E-state index contributed by atoms with van der Waals surface area (Å²) in [5.41, 5.74) is 7.74. The minimum absolute atomic E-state index is 0.0567. The Hall–Kier alpha value is -3.28. The summed E-state index contributed by atoms with van der Waals surface area (Å²) in [6.45, 7) is 0.673. The third kappa shape index (κ3) is 4.61. The fourth-order valence-electron chi connectivity index (χ4n) is 3.34. The van der Waals surface area contributed by atoms with Crippen LogP contribution < -0.4 is 11.1 Å². The van der Waals surface area contributed by atoms with Gasteiger partial charge in [-0.3, -0.25) is 9.59 Å². The van der Waals surface area contributed by atoms with Gasteiger partial charge in [-0.2, -0.15) is 9.67 Å². The molecule has 1 atom stereocenters. The van der Waals surface area contributed by atoms with Crippen LogP contribution in [0.3, 0.4) is 0 Å². The maximum absolute atomic E-state index is 13.2. The van der Waals surface area contributed by atoms with Gasteiger partial charge in [-0.05, 0) is 23.3 Å². The topological polar surface area (TPSA) is 140 Å². The van der Waals surface area contributed by atoms with Gasteiger partial charge in [-0.25, -0.2) is 12.7 Å². The van der Waals surface area contributed by atoms with Crippen LogP contribution in [0.1, 0.15) is 33.2 Å². The van der Waals surface area contributed by atoms with E-state index in [0.29, 0.717) is 13.1 Å². The molecule has 3 aromatic rings. The Bertz CT molecular complexity index is 1320. The van der Waals surface area contributed by atoms with E-state index < -0.39 is 27.8 Å². The van der Waals surface area contributed by atoms with Crippen molar-refractivity contribution in [3.8, 4) is 0 Å². The minimum Gasteiger partial charge on any atom is -0.350 e. The van der Waals surface area contributed by atoms with E-state index in [1.165, 1.54) is 0 Å². The number of nitrogens with one attached hydrogen (secondary N) is 1. The molecule has 3 N–H and O–H groups in total. The Labute approximate surface area is 195 Å². The second kappa shape index (κ2) is 8.93. The monoisotopic (exact) mass is 488 g/mol. The molecule has 1 saturated heterocycles. The van der Waals surface area contributed by atoms with Gasteiger partial charge in [0.25, 0.3) is 5.91 Å². The Morgan fingerprint density at radius 2 is 1.85 bits per heavy atom. The Balaban J connectivity index is 1.64. The predicted molar refractivity (Wildman–Crippen MR) is 122 cm³/mol. The minimum atomic E-state index is -3.66. The molecule has 2 aromatic carbocycles. The maximum atomic E-state index is 13.2. The fraction of sp³-hybridized carbons (Fsp3) is 0.238. The van der Waals surface area contributed by atoms with Crippen molar-refractivity contribution in [2.75, 3.05) is 18.1 Å². The van der Waals surface area contributed by atoms with Gasteiger partial charge < -0.3 is 11.1 Å². The largest absolute Gasteiger partial charge is 0.350 e. The molecule has 0 saturated carbocycles. The van der Waals surface area contributed by atoms with Crippen molar-refractivity contribution >= 4 is 39.4 Å². The van der Waals surface area contributed by atoms with E-state index in [2.05, 4.69) is 15.4 Å². The van der Waals surface area contributed by atoms with Crippen LogP contribution in [0, 0.1) is 0 Å². The molecule has 0 spiro atoms. The predicted octanol–water partition coefficient (Wildman–Crippen LogP) is 1.58. The van der Waals surface area contributed by atoms with Gasteiger partial charge in [0.1, 0.15) is 5.92 Å². The number of nitrogens with zero attached hydrogens (tertiary/aromatic N) is 4. The highest BCUT2D eigenvalue weighted by atomic mass is 35.5. The van der Waals surface area contributed by atoms with E-state index in [9.17, 15) is 18.0 Å². The number of benzene rings is 2. The molecular weight excluding hydrogens is 468 g/mol. The number of amides is 1. The number of sulfonamides is 1. The normalized spacial score (nSPS) is 15.9. The second-order valence-corrected chi connectivity index (χ2v) is 9.86. The molecule has 1 amide bonds. The van der Waals surface area contributed by atoms with Crippen LogP contribution in [-0.2, 0) is 27.9 Å².